The van der Waals surface area contributed by atoms with E-state index in [1.165, 1.54) is 34.0 Å². The Morgan fingerprint density at radius 2 is 2.05 bits per heavy atom. The predicted octanol–water partition coefficient (Wildman–Crippen LogP) is 2.39. The first kappa shape index (κ1) is 13.2. The van der Waals surface area contributed by atoms with Crippen LogP contribution < -0.4 is 5.32 Å². The van der Waals surface area contributed by atoms with Crippen LogP contribution in [0.25, 0.3) is 10.9 Å². The average molecular weight is 322 g/mol. The van der Waals surface area contributed by atoms with E-state index in [4.69, 9.17) is 0 Å². The van der Waals surface area contributed by atoms with Gasteiger partial charge in [0, 0.05) is 55.8 Å². The molecule has 0 saturated carbocycles. The van der Waals surface area contributed by atoms with Gasteiger partial charge in [-0.2, -0.15) is 0 Å². The lowest BCUT2D eigenvalue weighted by atomic mass is 10.1. The van der Waals surface area contributed by atoms with Gasteiger partial charge in [0.05, 0.1) is 5.52 Å². The summed E-state index contributed by atoms with van der Waals surface area (Å²) in [6.45, 7) is 5.75. The van der Waals surface area contributed by atoms with Gasteiger partial charge in [-0.05, 0) is 27.9 Å². The van der Waals surface area contributed by atoms with E-state index in [9.17, 15) is 0 Å². The van der Waals surface area contributed by atoms with Crippen LogP contribution in [0.15, 0.2) is 28.9 Å². The highest BCUT2D eigenvalue weighted by molar-refractivity contribution is 9.10. The lowest BCUT2D eigenvalue weighted by molar-refractivity contribution is 0.244. The molecule has 0 bridgehead atoms. The number of aromatic nitrogens is 1. The van der Waals surface area contributed by atoms with Crippen LogP contribution in [0.2, 0.25) is 0 Å². The molecule has 1 N–H and O–H groups in total. The van der Waals surface area contributed by atoms with Gasteiger partial charge < -0.3 is 14.8 Å². The van der Waals surface area contributed by atoms with E-state index in [1.54, 1.807) is 0 Å². The van der Waals surface area contributed by atoms with E-state index in [1.807, 2.05) is 0 Å². The van der Waals surface area contributed by atoms with Crippen molar-refractivity contribution in [1.82, 2.24) is 14.8 Å². The molecule has 2 heterocycles. The zero-order valence-corrected chi connectivity index (χ0v) is 12.9. The van der Waals surface area contributed by atoms with Gasteiger partial charge in [-0.1, -0.05) is 18.2 Å². The summed E-state index contributed by atoms with van der Waals surface area (Å²) < 4.78 is 3.42. The van der Waals surface area contributed by atoms with Crippen LogP contribution in [-0.2, 0) is 13.5 Å². The van der Waals surface area contributed by atoms with E-state index in [0.29, 0.717) is 0 Å². The summed E-state index contributed by atoms with van der Waals surface area (Å²) in [6.07, 6.45) is 3.28. The Labute approximate surface area is 122 Å². The van der Waals surface area contributed by atoms with Crippen LogP contribution in [0.4, 0.5) is 0 Å². The first-order valence-electron chi connectivity index (χ1n) is 6.91. The van der Waals surface area contributed by atoms with Crippen LogP contribution in [0.1, 0.15) is 5.56 Å². The molecule has 0 amide bonds. The van der Waals surface area contributed by atoms with E-state index in [0.717, 1.165) is 26.1 Å². The molecule has 0 spiro atoms. The van der Waals surface area contributed by atoms with Gasteiger partial charge in [0.2, 0.25) is 0 Å². The molecule has 102 valence electrons. The lowest BCUT2D eigenvalue weighted by Crippen LogP contribution is -2.44. The summed E-state index contributed by atoms with van der Waals surface area (Å²) in [5.74, 6) is 0. The van der Waals surface area contributed by atoms with E-state index in [2.05, 4.69) is 62.2 Å². The minimum Gasteiger partial charge on any atom is -0.349 e. The molecular weight excluding hydrogens is 302 g/mol. The highest BCUT2D eigenvalue weighted by atomic mass is 79.9. The predicted molar refractivity (Wildman–Crippen MR) is 83.6 cm³/mol. The van der Waals surface area contributed by atoms with Gasteiger partial charge in [0.25, 0.3) is 0 Å². The SMILES string of the molecule is Cn1cc(Br)c2cccc(CCN3CCNCC3)c21. The fraction of sp³-hybridized carbons (Fsp3) is 0.467. The summed E-state index contributed by atoms with van der Waals surface area (Å²) >= 11 is 3.64. The molecule has 2 aromatic rings. The molecule has 0 atom stereocenters. The maximum absolute atomic E-state index is 3.64. The number of hydrogen-bond acceptors (Lipinski definition) is 2. The van der Waals surface area contributed by atoms with Gasteiger partial charge in [-0.3, -0.25) is 0 Å². The molecule has 1 aromatic carbocycles. The van der Waals surface area contributed by atoms with Crippen LogP contribution >= 0.6 is 15.9 Å². The standard InChI is InChI=1S/C15H20BrN3/c1-18-11-14(16)13-4-2-3-12(15(13)18)5-8-19-9-6-17-7-10-19/h2-4,11,17H,5-10H2,1H3. The molecular formula is C15H20BrN3. The Hall–Kier alpha value is -0.840. The minimum absolute atomic E-state index is 1.12. The second-order valence-electron chi connectivity index (χ2n) is 5.24. The Balaban J connectivity index is 1.80. The van der Waals surface area contributed by atoms with Crippen molar-refractivity contribution in [1.29, 1.82) is 0 Å². The fourth-order valence-corrected chi connectivity index (χ4v) is 3.55. The summed E-state index contributed by atoms with van der Waals surface area (Å²) in [7, 11) is 2.13. The Morgan fingerprint density at radius 3 is 2.84 bits per heavy atom. The third-order valence-corrected chi connectivity index (χ3v) is 4.58. The van der Waals surface area contributed by atoms with Crippen molar-refractivity contribution in [3.63, 3.8) is 0 Å². The summed E-state index contributed by atoms with van der Waals surface area (Å²) in [5.41, 5.74) is 2.81. The summed E-state index contributed by atoms with van der Waals surface area (Å²) in [5, 5.41) is 4.72. The molecule has 0 aliphatic carbocycles. The van der Waals surface area contributed by atoms with Gasteiger partial charge in [0.15, 0.2) is 0 Å². The van der Waals surface area contributed by atoms with Gasteiger partial charge in [-0.25, -0.2) is 0 Å². The maximum atomic E-state index is 3.64. The topological polar surface area (TPSA) is 20.2 Å². The number of halogens is 1. The van der Waals surface area contributed by atoms with E-state index < -0.39 is 0 Å². The zero-order valence-electron chi connectivity index (χ0n) is 11.3. The monoisotopic (exact) mass is 321 g/mol. The average Bonchev–Trinajstić information content (AvgIpc) is 2.74. The van der Waals surface area contributed by atoms with Gasteiger partial charge in [0.1, 0.15) is 0 Å². The Morgan fingerprint density at radius 1 is 1.26 bits per heavy atom. The van der Waals surface area contributed by atoms with Gasteiger partial charge in [-0.15, -0.1) is 0 Å². The smallest absolute Gasteiger partial charge is 0.0522 e. The van der Waals surface area contributed by atoms with Crippen LogP contribution in [0.3, 0.4) is 0 Å². The molecule has 0 unspecified atom stereocenters. The zero-order chi connectivity index (χ0) is 13.2. The van der Waals surface area contributed by atoms with Crippen molar-refractivity contribution in [3.05, 3.63) is 34.4 Å². The third kappa shape index (κ3) is 2.71. The van der Waals surface area contributed by atoms with Crippen molar-refractivity contribution in [2.75, 3.05) is 32.7 Å². The molecule has 0 radical (unpaired) electrons. The number of piperazine rings is 1. The number of para-hydroxylation sites is 1. The minimum atomic E-state index is 1.12. The Bertz CT molecular complexity index is 570. The number of rotatable bonds is 3. The Kier molecular flexibility index (Phi) is 3.91. The van der Waals surface area contributed by atoms with Crippen LogP contribution in [0, 0.1) is 0 Å². The van der Waals surface area contributed by atoms with Crippen molar-refractivity contribution >= 4 is 26.8 Å². The molecule has 1 fully saturated rings. The number of nitrogens with zero attached hydrogens (tertiary/aromatic N) is 2. The maximum Gasteiger partial charge on any atom is 0.0522 e. The normalized spacial score (nSPS) is 17.2. The molecule has 1 saturated heterocycles. The summed E-state index contributed by atoms with van der Waals surface area (Å²) in [4.78, 5) is 2.55. The quantitative estimate of drug-likeness (QED) is 0.936. The lowest BCUT2D eigenvalue weighted by Gasteiger charge is -2.27. The van der Waals surface area contributed by atoms with Crippen molar-refractivity contribution in [2.24, 2.45) is 7.05 Å². The van der Waals surface area contributed by atoms with Gasteiger partial charge >= 0.3 is 0 Å². The molecule has 1 aliphatic heterocycles. The summed E-state index contributed by atoms with van der Waals surface area (Å²) in [6, 6.07) is 6.62. The fourth-order valence-electron chi connectivity index (χ4n) is 2.92. The highest BCUT2D eigenvalue weighted by Crippen LogP contribution is 2.28. The van der Waals surface area contributed by atoms with Crippen molar-refractivity contribution < 1.29 is 0 Å². The number of benzene rings is 1. The first-order chi connectivity index (χ1) is 9.25. The third-order valence-electron chi connectivity index (χ3n) is 3.94. The van der Waals surface area contributed by atoms with Crippen LogP contribution in [-0.4, -0.2) is 42.2 Å². The van der Waals surface area contributed by atoms with E-state index >= 15 is 0 Å². The molecule has 1 aromatic heterocycles. The van der Waals surface area contributed by atoms with E-state index in [-0.39, 0.29) is 0 Å². The second kappa shape index (κ2) is 5.65. The molecule has 1 aliphatic rings. The number of aryl methyl sites for hydroxylation is 1. The number of hydrogen-bond donors (Lipinski definition) is 1. The highest BCUT2D eigenvalue weighted by Gasteiger charge is 2.12. The second-order valence-corrected chi connectivity index (χ2v) is 6.10. The molecule has 4 heteroatoms. The molecule has 3 rings (SSSR count). The number of fused-ring (bicyclic) bond motifs is 1. The van der Waals surface area contributed by atoms with Crippen molar-refractivity contribution in [3.8, 4) is 0 Å². The van der Waals surface area contributed by atoms with Crippen molar-refractivity contribution in [2.45, 2.75) is 6.42 Å². The first-order valence-corrected chi connectivity index (χ1v) is 7.70. The number of nitrogens with one attached hydrogen (secondary N) is 1. The van der Waals surface area contributed by atoms with Crippen LogP contribution in [0.5, 0.6) is 0 Å². The molecule has 3 nitrogen and oxygen atoms in total. The molecule has 19 heavy (non-hydrogen) atoms. The largest absolute Gasteiger partial charge is 0.349 e.